The van der Waals surface area contributed by atoms with Gasteiger partial charge in [0.2, 0.25) is 0 Å². The van der Waals surface area contributed by atoms with E-state index in [1.54, 1.807) is 5.01 Å². The van der Waals surface area contributed by atoms with E-state index < -0.39 is 0 Å². The maximum atomic E-state index is 11.0. The van der Waals surface area contributed by atoms with E-state index >= 15 is 0 Å². The molecule has 4 heteroatoms. The monoisotopic (exact) mass is 214 g/mol. The molecule has 0 aliphatic carbocycles. The van der Waals surface area contributed by atoms with E-state index in [0.717, 1.165) is 11.1 Å². The van der Waals surface area contributed by atoms with Gasteiger partial charge in [-0.15, -0.1) is 0 Å². The highest BCUT2D eigenvalue weighted by atomic mass is 16.7. The summed E-state index contributed by atoms with van der Waals surface area (Å²) < 4.78 is 0. The summed E-state index contributed by atoms with van der Waals surface area (Å²) in [7, 11) is 0. The highest BCUT2D eigenvalue weighted by Crippen LogP contribution is 2.22. The predicted molar refractivity (Wildman–Crippen MR) is 60.5 cm³/mol. The zero-order valence-electron chi connectivity index (χ0n) is 8.51. The van der Waals surface area contributed by atoms with Crippen LogP contribution in [0.15, 0.2) is 42.5 Å². The first-order chi connectivity index (χ1) is 7.83. The smallest absolute Gasteiger partial charge is 0.347 e. The van der Waals surface area contributed by atoms with Crippen molar-refractivity contribution in [3.63, 3.8) is 0 Å². The Hall–Kier alpha value is -2.07. The molecule has 0 unspecified atom stereocenters. The lowest BCUT2D eigenvalue weighted by atomic mass is 10.1. The zero-order valence-corrected chi connectivity index (χ0v) is 8.51. The van der Waals surface area contributed by atoms with Crippen LogP contribution in [-0.4, -0.2) is 12.5 Å². The molecule has 0 amide bonds. The Morgan fingerprint density at radius 2 is 1.94 bits per heavy atom. The quantitative estimate of drug-likeness (QED) is 0.783. The zero-order chi connectivity index (χ0) is 11.0. The van der Waals surface area contributed by atoms with Crippen LogP contribution in [0.25, 0.3) is 10.8 Å². The fourth-order valence-electron chi connectivity index (χ4n) is 1.79. The number of hydrogen-bond donors (Lipinski definition) is 1. The first-order valence-corrected chi connectivity index (χ1v) is 5.04. The van der Waals surface area contributed by atoms with E-state index in [-0.39, 0.29) is 12.5 Å². The minimum absolute atomic E-state index is 0.234. The number of carbonyl (C=O) groups excluding carboxylic acids is 1. The minimum atomic E-state index is -0.270. The van der Waals surface area contributed by atoms with Gasteiger partial charge >= 0.3 is 5.97 Å². The number of hydrazine groups is 1. The Bertz CT molecular complexity index is 553. The SMILES string of the molecule is O=C1CN(c2ccc3ccccc3c2)NO1. The lowest BCUT2D eigenvalue weighted by Gasteiger charge is -2.14. The third-order valence-corrected chi connectivity index (χ3v) is 2.60. The van der Waals surface area contributed by atoms with Gasteiger partial charge in [0.05, 0.1) is 5.69 Å². The molecule has 2 aromatic carbocycles. The van der Waals surface area contributed by atoms with Crippen molar-refractivity contribution in [3.8, 4) is 0 Å². The molecule has 1 fully saturated rings. The molecule has 0 bridgehead atoms. The van der Waals surface area contributed by atoms with Crippen LogP contribution in [-0.2, 0) is 9.63 Å². The van der Waals surface area contributed by atoms with E-state index in [0.29, 0.717) is 0 Å². The average Bonchev–Trinajstić information content (AvgIpc) is 2.75. The summed E-state index contributed by atoms with van der Waals surface area (Å²) >= 11 is 0. The van der Waals surface area contributed by atoms with Gasteiger partial charge in [-0.2, -0.15) is 0 Å². The fraction of sp³-hybridized carbons (Fsp3) is 0.0833. The van der Waals surface area contributed by atoms with Gasteiger partial charge in [0.15, 0.2) is 0 Å². The number of carbonyl (C=O) groups is 1. The molecule has 0 spiro atoms. The van der Waals surface area contributed by atoms with Gasteiger partial charge in [0, 0.05) is 0 Å². The summed E-state index contributed by atoms with van der Waals surface area (Å²) in [4.78, 5) is 15.6. The summed E-state index contributed by atoms with van der Waals surface area (Å²) in [5.74, 6) is -0.270. The van der Waals surface area contributed by atoms with Crippen LogP contribution < -0.4 is 10.6 Å². The second-order valence-corrected chi connectivity index (χ2v) is 3.68. The Kier molecular flexibility index (Phi) is 2.01. The molecule has 0 atom stereocenters. The van der Waals surface area contributed by atoms with E-state index in [9.17, 15) is 4.79 Å². The summed E-state index contributed by atoms with van der Waals surface area (Å²) in [6, 6.07) is 14.1. The summed E-state index contributed by atoms with van der Waals surface area (Å²) in [5.41, 5.74) is 3.49. The summed E-state index contributed by atoms with van der Waals surface area (Å²) in [6.45, 7) is 0.234. The maximum absolute atomic E-state index is 11.0. The molecule has 80 valence electrons. The first-order valence-electron chi connectivity index (χ1n) is 5.04. The molecule has 0 aromatic heterocycles. The Morgan fingerprint density at radius 3 is 2.69 bits per heavy atom. The summed E-state index contributed by atoms with van der Waals surface area (Å²) in [6.07, 6.45) is 0. The van der Waals surface area contributed by atoms with Crippen molar-refractivity contribution in [1.29, 1.82) is 0 Å². The Labute approximate surface area is 92.3 Å². The Balaban J connectivity index is 2.02. The van der Waals surface area contributed by atoms with Gasteiger partial charge in [-0.05, 0) is 22.9 Å². The fourth-order valence-corrected chi connectivity index (χ4v) is 1.79. The van der Waals surface area contributed by atoms with Crippen LogP contribution >= 0.6 is 0 Å². The van der Waals surface area contributed by atoms with Crippen LogP contribution in [0.5, 0.6) is 0 Å². The van der Waals surface area contributed by atoms with Crippen molar-refractivity contribution in [1.82, 2.24) is 5.59 Å². The molecule has 1 saturated heterocycles. The number of rotatable bonds is 1. The highest BCUT2D eigenvalue weighted by Gasteiger charge is 2.20. The first kappa shape index (κ1) is 9.18. The van der Waals surface area contributed by atoms with Gasteiger partial charge < -0.3 is 4.84 Å². The number of benzene rings is 2. The number of hydrogen-bond acceptors (Lipinski definition) is 4. The van der Waals surface area contributed by atoms with Crippen LogP contribution in [0.3, 0.4) is 0 Å². The predicted octanol–water partition coefficient (Wildman–Crippen LogP) is 1.62. The van der Waals surface area contributed by atoms with Crippen LogP contribution in [0.2, 0.25) is 0 Å². The van der Waals surface area contributed by atoms with Crippen molar-refractivity contribution in [2.24, 2.45) is 0 Å². The van der Waals surface area contributed by atoms with Gasteiger partial charge in [-0.1, -0.05) is 35.9 Å². The maximum Gasteiger partial charge on any atom is 0.347 e. The molecule has 2 aromatic rings. The van der Waals surface area contributed by atoms with E-state index in [4.69, 9.17) is 0 Å². The lowest BCUT2D eigenvalue weighted by molar-refractivity contribution is -0.141. The second kappa shape index (κ2) is 3.50. The Morgan fingerprint density at radius 1 is 1.12 bits per heavy atom. The molecule has 1 heterocycles. The topological polar surface area (TPSA) is 41.6 Å². The average molecular weight is 214 g/mol. The third kappa shape index (κ3) is 1.49. The molecule has 16 heavy (non-hydrogen) atoms. The van der Waals surface area contributed by atoms with Crippen LogP contribution in [0.1, 0.15) is 0 Å². The summed E-state index contributed by atoms with van der Waals surface area (Å²) in [5, 5.41) is 3.99. The molecule has 4 nitrogen and oxygen atoms in total. The number of nitrogens with one attached hydrogen (secondary N) is 1. The number of nitrogens with zero attached hydrogens (tertiary/aromatic N) is 1. The van der Waals surface area contributed by atoms with Crippen molar-refractivity contribution >= 4 is 22.4 Å². The molecule has 0 saturated carbocycles. The molecular weight excluding hydrogens is 204 g/mol. The van der Waals surface area contributed by atoms with Crippen molar-refractivity contribution in [2.75, 3.05) is 11.6 Å². The van der Waals surface area contributed by atoms with E-state index in [1.807, 2.05) is 36.4 Å². The third-order valence-electron chi connectivity index (χ3n) is 2.60. The van der Waals surface area contributed by atoms with Crippen molar-refractivity contribution in [3.05, 3.63) is 42.5 Å². The van der Waals surface area contributed by atoms with Crippen LogP contribution in [0.4, 0.5) is 5.69 Å². The van der Waals surface area contributed by atoms with Crippen molar-refractivity contribution < 1.29 is 9.63 Å². The lowest BCUT2D eigenvalue weighted by Crippen LogP contribution is -2.29. The standard InChI is InChI=1S/C12H10N2O2/c15-12-8-14(13-16-12)11-6-5-9-3-1-2-4-10(9)7-11/h1-7,13H,8H2. The number of anilines is 1. The van der Waals surface area contributed by atoms with Crippen LogP contribution in [0, 0.1) is 0 Å². The molecule has 1 N–H and O–H groups in total. The van der Waals surface area contributed by atoms with E-state index in [1.165, 1.54) is 5.39 Å². The van der Waals surface area contributed by atoms with Gasteiger partial charge in [-0.25, -0.2) is 4.79 Å². The van der Waals surface area contributed by atoms with Gasteiger partial charge in [0.1, 0.15) is 6.54 Å². The van der Waals surface area contributed by atoms with Gasteiger partial charge in [0.25, 0.3) is 0 Å². The minimum Gasteiger partial charge on any atom is -0.349 e. The normalized spacial score (nSPS) is 15.5. The molecular formula is C12H10N2O2. The molecule has 0 radical (unpaired) electrons. The highest BCUT2D eigenvalue weighted by molar-refractivity contribution is 5.87. The molecule has 1 aliphatic rings. The van der Waals surface area contributed by atoms with Gasteiger partial charge in [-0.3, -0.25) is 5.01 Å². The molecule has 1 aliphatic heterocycles. The van der Waals surface area contributed by atoms with Crippen molar-refractivity contribution in [2.45, 2.75) is 0 Å². The molecule has 3 rings (SSSR count). The largest absolute Gasteiger partial charge is 0.349 e. The van der Waals surface area contributed by atoms with E-state index in [2.05, 4.69) is 16.5 Å². The number of fused-ring (bicyclic) bond motifs is 1. The second-order valence-electron chi connectivity index (χ2n) is 3.68.